The largest absolute Gasteiger partial charge is 0.447 e. The minimum atomic E-state index is -0.381. The maximum atomic E-state index is 10.8. The highest BCUT2D eigenvalue weighted by atomic mass is 79.9. The second-order valence-electron chi connectivity index (χ2n) is 2.97. The van der Waals surface area contributed by atoms with Crippen LogP contribution in [0.15, 0.2) is 22.7 Å². The van der Waals surface area contributed by atoms with Crippen molar-refractivity contribution in [1.82, 2.24) is 5.32 Å². The van der Waals surface area contributed by atoms with E-state index in [4.69, 9.17) is 16.3 Å². The van der Waals surface area contributed by atoms with E-state index < -0.39 is 0 Å². The summed E-state index contributed by atoms with van der Waals surface area (Å²) in [7, 11) is 0. The lowest BCUT2D eigenvalue weighted by Gasteiger charge is -2.08. The van der Waals surface area contributed by atoms with Crippen LogP contribution in [-0.4, -0.2) is 12.7 Å². The highest BCUT2D eigenvalue weighted by Crippen LogP contribution is 2.27. The molecule has 0 aliphatic carbocycles. The number of amides is 1. The van der Waals surface area contributed by atoms with Gasteiger partial charge in [-0.3, -0.25) is 0 Å². The van der Waals surface area contributed by atoms with E-state index in [1.165, 1.54) is 0 Å². The first-order valence-corrected chi connectivity index (χ1v) is 5.22. The molecule has 1 aromatic rings. The lowest BCUT2D eigenvalue weighted by molar-refractivity contribution is 0.177. The highest BCUT2D eigenvalue weighted by Gasteiger charge is 2.23. The van der Waals surface area contributed by atoms with Crippen molar-refractivity contribution in [2.45, 2.75) is 6.04 Å². The predicted octanol–water partition coefficient (Wildman–Crippen LogP) is 2.88. The Morgan fingerprint density at radius 1 is 1.57 bits per heavy atom. The number of nitrogens with one attached hydrogen (secondary N) is 1. The van der Waals surface area contributed by atoms with Crippen LogP contribution in [-0.2, 0) is 4.74 Å². The van der Waals surface area contributed by atoms with Crippen LogP contribution in [0.5, 0.6) is 0 Å². The molecule has 74 valence electrons. The molecular formula is C9H7BrClNO2. The molecule has 1 amide bonds. The molecule has 0 radical (unpaired) electrons. The van der Waals surface area contributed by atoms with Crippen LogP contribution in [0.2, 0.25) is 5.02 Å². The molecule has 5 heteroatoms. The Hall–Kier alpha value is -0.740. The van der Waals surface area contributed by atoms with E-state index in [1.807, 2.05) is 18.2 Å². The molecule has 0 bridgehead atoms. The molecule has 1 aliphatic rings. The average molecular weight is 277 g/mol. The van der Waals surface area contributed by atoms with Crippen molar-refractivity contribution in [1.29, 1.82) is 0 Å². The summed E-state index contributed by atoms with van der Waals surface area (Å²) < 4.78 is 5.63. The molecule has 14 heavy (non-hydrogen) atoms. The number of alkyl carbamates (subject to hydrolysis) is 1. The van der Waals surface area contributed by atoms with Gasteiger partial charge < -0.3 is 10.1 Å². The van der Waals surface area contributed by atoms with Gasteiger partial charge in [-0.25, -0.2) is 4.79 Å². The van der Waals surface area contributed by atoms with Crippen molar-refractivity contribution in [2.24, 2.45) is 0 Å². The van der Waals surface area contributed by atoms with Gasteiger partial charge in [-0.15, -0.1) is 0 Å². The molecule has 1 N–H and O–H groups in total. The first kappa shape index (κ1) is 9.80. The molecule has 1 heterocycles. The molecule has 1 saturated heterocycles. The predicted molar refractivity (Wildman–Crippen MR) is 56.4 cm³/mol. The third-order valence-electron chi connectivity index (χ3n) is 2.02. The number of ether oxygens (including phenoxy) is 1. The van der Waals surface area contributed by atoms with E-state index >= 15 is 0 Å². The number of rotatable bonds is 1. The van der Waals surface area contributed by atoms with E-state index in [2.05, 4.69) is 21.2 Å². The fourth-order valence-corrected chi connectivity index (χ4v) is 1.73. The normalized spacial score (nSPS) is 20.4. The highest BCUT2D eigenvalue weighted by molar-refractivity contribution is 9.10. The smallest absolute Gasteiger partial charge is 0.407 e. The average Bonchev–Trinajstić information content (AvgIpc) is 2.57. The standard InChI is InChI=1S/C9H7BrClNO2/c10-6-2-1-5(3-7(6)11)8-4-14-9(13)12-8/h1-3,8H,4H2,(H,12,13)/t8-/m1/s1. The quantitative estimate of drug-likeness (QED) is 0.856. The third kappa shape index (κ3) is 1.86. The van der Waals surface area contributed by atoms with Crippen molar-refractivity contribution in [3.05, 3.63) is 33.3 Å². The van der Waals surface area contributed by atoms with E-state index in [0.717, 1.165) is 10.0 Å². The maximum Gasteiger partial charge on any atom is 0.407 e. The molecule has 1 aromatic carbocycles. The van der Waals surface area contributed by atoms with Crippen LogP contribution in [0.3, 0.4) is 0 Å². The summed E-state index contributed by atoms with van der Waals surface area (Å²) in [4.78, 5) is 10.8. The van der Waals surface area contributed by atoms with Gasteiger partial charge in [0.05, 0.1) is 11.1 Å². The topological polar surface area (TPSA) is 38.3 Å². The fourth-order valence-electron chi connectivity index (χ4n) is 1.29. The van der Waals surface area contributed by atoms with Crippen molar-refractivity contribution >= 4 is 33.6 Å². The Morgan fingerprint density at radius 2 is 2.36 bits per heavy atom. The second kappa shape index (κ2) is 3.79. The second-order valence-corrected chi connectivity index (χ2v) is 4.23. The number of hydrogen-bond acceptors (Lipinski definition) is 2. The van der Waals surface area contributed by atoms with Gasteiger partial charge in [0.15, 0.2) is 0 Å². The number of hydrogen-bond donors (Lipinski definition) is 1. The summed E-state index contributed by atoms with van der Waals surface area (Å²) >= 11 is 9.23. The van der Waals surface area contributed by atoms with E-state index in [1.54, 1.807) is 0 Å². The first-order valence-electron chi connectivity index (χ1n) is 4.05. The van der Waals surface area contributed by atoms with Crippen LogP contribution < -0.4 is 5.32 Å². The minimum absolute atomic E-state index is 0.0897. The summed E-state index contributed by atoms with van der Waals surface area (Å²) in [6, 6.07) is 5.47. The lowest BCUT2D eigenvalue weighted by Crippen LogP contribution is -2.18. The zero-order chi connectivity index (χ0) is 10.1. The van der Waals surface area contributed by atoms with Crippen LogP contribution in [0.4, 0.5) is 4.79 Å². The summed E-state index contributed by atoms with van der Waals surface area (Å²) in [6.45, 7) is 0.358. The van der Waals surface area contributed by atoms with Gasteiger partial charge in [0.2, 0.25) is 0 Å². The fraction of sp³-hybridized carbons (Fsp3) is 0.222. The van der Waals surface area contributed by atoms with Gasteiger partial charge in [-0.2, -0.15) is 0 Å². The SMILES string of the molecule is O=C1N[C@@H](c2ccc(Br)c(Cl)c2)CO1. The number of carbonyl (C=O) groups is 1. The third-order valence-corrected chi connectivity index (χ3v) is 3.25. The van der Waals surface area contributed by atoms with Gasteiger partial charge in [0, 0.05) is 4.47 Å². The number of benzene rings is 1. The molecule has 0 saturated carbocycles. The maximum absolute atomic E-state index is 10.8. The van der Waals surface area contributed by atoms with Gasteiger partial charge in [0.1, 0.15) is 6.61 Å². The summed E-state index contributed by atoms with van der Waals surface area (Å²) in [6.07, 6.45) is -0.381. The Kier molecular flexibility index (Phi) is 2.65. The Balaban J connectivity index is 2.24. The monoisotopic (exact) mass is 275 g/mol. The number of cyclic esters (lactones) is 1. The molecule has 1 atom stereocenters. The number of carbonyl (C=O) groups excluding carboxylic acids is 1. The molecule has 1 aliphatic heterocycles. The molecule has 1 fully saturated rings. The molecule has 3 nitrogen and oxygen atoms in total. The van der Waals surface area contributed by atoms with Crippen LogP contribution >= 0.6 is 27.5 Å². The lowest BCUT2D eigenvalue weighted by atomic mass is 10.1. The van der Waals surface area contributed by atoms with Crippen molar-refractivity contribution < 1.29 is 9.53 Å². The van der Waals surface area contributed by atoms with E-state index in [9.17, 15) is 4.79 Å². The van der Waals surface area contributed by atoms with Crippen LogP contribution in [0.25, 0.3) is 0 Å². The molecule has 2 rings (SSSR count). The summed E-state index contributed by atoms with van der Waals surface area (Å²) in [5, 5.41) is 3.31. The van der Waals surface area contributed by atoms with E-state index in [-0.39, 0.29) is 12.1 Å². The Bertz CT molecular complexity index is 383. The first-order chi connectivity index (χ1) is 6.66. The summed E-state index contributed by atoms with van der Waals surface area (Å²) in [5.74, 6) is 0. The molecular weight excluding hydrogens is 269 g/mol. The van der Waals surface area contributed by atoms with E-state index in [0.29, 0.717) is 11.6 Å². The van der Waals surface area contributed by atoms with Gasteiger partial charge in [0.25, 0.3) is 0 Å². The summed E-state index contributed by atoms with van der Waals surface area (Å²) in [5.41, 5.74) is 0.948. The zero-order valence-corrected chi connectivity index (χ0v) is 9.43. The van der Waals surface area contributed by atoms with Crippen LogP contribution in [0, 0.1) is 0 Å². The molecule has 0 aromatic heterocycles. The van der Waals surface area contributed by atoms with Crippen LogP contribution in [0.1, 0.15) is 11.6 Å². The van der Waals surface area contributed by atoms with Crippen molar-refractivity contribution in [3.8, 4) is 0 Å². The van der Waals surface area contributed by atoms with Gasteiger partial charge in [-0.05, 0) is 33.6 Å². The Labute approximate surface area is 94.5 Å². The number of halogens is 2. The van der Waals surface area contributed by atoms with Gasteiger partial charge in [-0.1, -0.05) is 17.7 Å². The van der Waals surface area contributed by atoms with Crippen molar-refractivity contribution in [3.63, 3.8) is 0 Å². The molecule has 0 spiro atoms. The molecule has 0 unspecified atom stereocenters. The van der Waals surface area contributed by atoms with Gasteiger partial charge >= 0.3 is 6.09 Å². The minimum Gasteiger partial charge on any atom is -0.447 e. The zero-order valence-electron chi connectivity index (χ0n) is 7.09. The Morgan fingerprint density at radius 3 is 2.93 bits per heavy atom. The van der Waals surface area contributed by atoms with Crippen molar-refractivity contribution in [2.75, 3.05) is 6.61 Å².